The van der Waals surface area contributed by atoms with Gasteiger partial charge in [-0.15, -0.1) is 0 Å². The lowest BCUT2D eigenvalue weighted by Gasteiger charge is -2.06. The second-order valence-electron chi connectivity index (χ2n) is 3.03. The minimum atomic E-state index is 0.187. The molecule has 0 radical (unpaired) electrons. The fraction of sp³-hybridized carbons (Fsp3) is 0.182. The monoisotopic (exact) mass is 215 g/mol. The van der Waals surface area contributed by atoms with E-state index in [2.05, 4.69) is 16.0 Å². The number of hydrogen-bond acceptors (Lipinski definition) is 5. The summed E-state index contributed by atoms with van der Waals surface area (Å²) in [5, 5.41) is 9.67. The number of ether oxygens (including phenoxy) is 2. The van der Waals surface area contributed by atoms with Gasteiger partial charge in [-0.05, 0) is 12.1 Å². The van der Waals surface area contributed by atoms with E-state index in [0.717, 1.165) is 0 Å². The van der Waals surface area contributed by atoms with E-state index in [9.17, 15) is 0 Å². The zero-order valence-corrected chi connectivity index (χ0v) is 8.89. The zero-order chi connectivity index (χ0) is 11.5. The highest BCUT2D eigenvalue weighted by molar-refractivity contribution is 5.88. The van der Waals surface area contributed by atoms with Crippen LogP contribution in [0.15, 0.2) is 18.2 Å². The molecule has 5 nitrogen and oxygen atoms in total. The van der Waals surface area contributed by atoms with E-state index in [1.807, 2.05) is 0 Å². The second kappa shape index (κ2) is 4.03. The van der Waals surface area contributed by atoms with Crippen molar-refractivity contribution in [2.75, 3.05) is 14.2 Å². The van der Waals surface area contributed by atoms with Gasteiger partial charge in [-0.1, -0.05) is 6.07 Å². The number of nitrogens with zero attached hydrogens (tertiary/aromatic N) is 3. The Morgan fingerprint density at radius 2 is 2.00 bits per heavy atom. The molecule has 0 unspecified atom stereocenters. The maximum Gasteiger partial charge on any atom is 0.320 e. The standard InChI is InChI=1S/C11H9N3O2/c1-15-10-8-5-3-4-7(6-12)9(8)13-11(14-10)16-2/h3-5H,1-2H3. The number of benzene rings is 1. The summed E-state index contributed by atoms with van der Waals surface area (Å²) in [4.78, 5) is 8.19. The normalized spacial score (nSPS) is 9.81. The van der Waals surface area contributed by atoms with E-state index < -0.39 is 0 Å². The molecule has 1 aromatic heterocycles. The lowest BCUT2D eigenvalue weighted by molar-refractivity contribution is 0.357. The Balaban J connectivity index is 2.85. The quantitative estimate of drug-likeness (QED) is 0.759. The average Bonchev–Trinajstić information content (AvgIpc) is 2.36. The van der Waals surface area contributed by atoms with Crippen LogP contribution in [-0.4, -0.2) is 24.2 Å². The predicted molar refractivity (Wildman–Crippen MR) is 57.4 cm³/mol. The largest absolute Gasteiger partial charge is 0.480 e. The summed E-state index contributed by atoms with van der Waals surface area (Å²) in [5.41, 5.74) is 1.00. The van der Waals surface area contributed by atoms with Gasteiger partial charge in [0.15, 0.2) is 0 Å². The van der Waals surface area contributed by atoms with Crippen LogP contribution in [0.2, 0.25) is 0 Å². The van der Waals surface area contributed by atoms with E-state index in [-0.39, 0.29) is 6.01 Å². The van der Waals surface area contributed by atoms with Crippen LogP contribution < -0.4 is 9.47 Å². The molecule has 0 atom stereocenters. The van der Waals surface area contributed by atoms with E-state index >= 15 is 0 Å². The lowest BCUT2D eigenvalue weighted by atomic mass is 10.1. The van der Waals surface area contributed by atoms with Crippen molar-refractivity contribution in [1.29, 1.82) is 5.26 Å². The number of rotatable bonds is 2. The minimum Gasteiger partial charge on any atom is -0.480 e. The summed E-state index contributed by atoms with van der Waals surface area (Å²) in [6, 6.07) is 7.51. The highest BCUT2D eigenvalue weighted by Crippen LogP contribution is 2.26. The van der Waals surface area contributed by atoms with Crippen LogP contribution in [0, 0.1) is 11.3 Å². The molecule has 16 heavy (non-hydrogen) atoms. The predicted octanol–water partition coefficient (Wildman–Crippen LogP) is 1.52. The Morgan fingerprint density at radius 1 is 1.19 bits per heavy atom. The number of para-hydroxylation sites is 1. The molecule has 0 aliphatic rings. The van der Waals surface area contributed by atoms with Crippen molar-refractivity contribution in [2.45, 2.75) is 0 Å². The van der Waals surface area contributed by atoms with E-state index in [4.69, 9.17) is 14.7 Å². The van der Waals surface area contributed by atoms with Gasteiger partial charge in [-0.3, -0.25) is 0 Å². The van der Waals surface area contributed by atoms with E-state index in [1.165, 1.54) is 14.2 Å². The summed E-state index contributed by atoms with van der Waals surface area (Å²) >= 11 is 0. The van der Waals surface area contributed by atoms with E-state index in [1.54, 1.807) is 18.2 Å². The number of nitriles is 1. The third-order valence-electron chi connectivity index (χ3n) is 2.17. The molecule has 0 saturated heterocycles. The molecule has 0 N–H and O–H groups in total. The lowest BCUT2D eigenvalue weighted by Crippen LogP contribution is -1.98. The van der Waals surface area contributed by atoms with Crippen LogP contribution in [0.1, 0.15) is 5.56 Å². The first-order valence-corrected chi connectivity index (χ1v) is 4.59. The van der Waals surface area contributed by atoms with Crippen molar-refractivity contribution in [3.63, 3.8) is 0 Å². The Labute approximate surface area is 92.3 Å². The summed E-state index contributed by atoms with van der Waals surface area (Å²) < 4.78 is 10.1. The fourth-order valence-corrected chi connectivity index (χ4v) is 1.44. The molecule has 2 aromatic rings. The third kappa shape index (κ3) is 1.50. The number of hydrogen-bond donors (Lipinski definition) is 0. The zero-order valence-electron chi connectivity index (χ0n) is 8.89. The van der Waals surface area contributed by atoms with Gasteiger partial charge in [0, 0.05) is 0 Å². The summed E-state index contributed by atoms with van der Waals surface area (Å²) in [6.07, 6.45) is 0. The Kier molecular flexibility index (Phi) is 2.56. The third-order valence-corrected chi connectivity index (χ3v) is 2.17. The molecule has 1 heterocycles. The highest BCUT2D eigenvalue weighted by Gasteiger charge is 2.11. The Morgan fingerprint density at radius 3 is 2.62 bits per heavy atom. The topological polar surface area (TPSA) is 68.0 Å². The van der Waals surface area contributed by atoms with Crippen molar-refractivity contribution in [2.24, 2.45) is 0 Å². The summed E-state index contributed by atoms with van der Waals surface area (Å²) in [7, 11) is 2.98. The van der Waals surface area contributed by atoms with Crippen LogP contribution >= 0.6 is 0 Å². The maximum absolute atomic E-state index is 8.97. The maximum atomic E-state index is 8.97. The van der Waals surface area contributed by atoms with Crippen LogP contribution in [-0.2, 0) is 0 Å². The van der Waals surface area contributed by atoms with Crippen molar-refractivity contribution >= 4 is 10.9 Å². The molecule has 0 bridgehead atoms. The van der Waals surface area contributed by atoms with Gasteiger partial charge < -0.3 is 9.47 Å². The first-order chi connectivity index (χ1) is 7.80. The molecule has 0 saturated carbocycles. The minimum absolute atomic E-state index is 0.187. The van der Waals surface area contributed by atoms with Crippen molar-refractivity contribution in [1.82, 2.24) is 9.97 Å². The number of aromatic nitrogens is 2. The summed E-state index contributed by atoms with van der Waals surface area (Å²) in [5.74, 6) is 0.402. The van der Waals surface area contributed by atoms with Gasteiger partial charge in [0.2, 0.25) is 5.88 Å². The smallest absolute Gasteiger partial charge is 0.320 e. The first-order valence-electron chi connectivity index (χ1n) is 4.59. The molecule has 0 amide bonds. The summed E-state index contributed by atoms with van der Waals surface area (Å²) in [6.45, 7) is 0. The van der Waals surface area contributed by atoms with Crippen LogP contribution in [0.25, 0.3) is 10.9 Å². The molecule has 80 valence electrons. The van der Waals surface area contributed by atoms with Crippen molar-refractivity contribution < 1.29 is 9.47 Å². The van der Waals surface area contributed by atoms with Gasteiger partial charge in [0.05, 0.1) is 30.7 Å². The molecule has 0 fully saturated rings. The average molecular weight is 215 g/mol. The van der Waals surface area contributed by atoms with Gasteiger partial charge in [0.1, 0.15) is 6.07 Å². The van der Waals surface area contributed by atoms with Gasteiger partial charge in [-0.25, -0.2) is 0 Å². The molecule has 1 aromatic carbocycles. The molecule has 5 heteroatoms. The molecule has 0 aliphatic heterocycles. The van der Waals surface area contributed by atoms with Crippen LogP contribution in [0.5, 0.6) is 11.9 Å². The van der Waals surface area contributed by atoms with Crippen molar-refractivity contribution in [3.8, 4) is 18.0 Å². The Bertz CT molecular complexity index is 575. The molecule has 2 rings (SSSR count). The molecule has 0 aliphatic carbocycles. The van der Waals surface area contributed by atoms with Gasteiger partial charge in [-0.2, -0.15) is 15.2 Å². The molecule has 0 spiro atoms. The SMILES string of the molecule is COc1nc(OC)c2cccc(C#N)c2n1. The van der Waals surface area contributed by atoms with Gasteiger partial charge >= 0.3 is 6.01 Å². The second-order valence-corrected chi connectivity index (χ2v) is 3.03. The Hall–Kier alpha value is -2.35. The first kappa shape index (κ1) is 10.2. The number of fused-ring (bicyclic) bond motifs is 1. The highest BCUT2D eigenvalue weighted by atomic mass is 16.5. The van der Waals surface area contributed by atoms with E-state index in [0.29, 0.717) is 22.3 Å². The van der Waals surface area contributed by atoms with Crippen molar-refractivity contribution in [3.05, 3.63) is 23.8 Å². The molecular weight excluding hydrogens is 206 g/mol. The van der Waals surface area contributed by atoms with Crippen LogP contribution in [0.4, 0.5) is 0 Å². The molecular formula is C11H9N3O2. The number of methoxy groups -OCH3 is 2. The van der Waals surface area contributed by atoms with Gasteiger partial charge in [0.25, 0.3) is 0 Å². The fourth-order valence-electron chi connectivity index (χ4n) is 1.44. The van der Waals surface area contributed by atoms with Crippen LogP contribution in [0.3, 0.4) is 0 Å².